The third-order valence-electron chi connectivity index (χ3n) is 4.45. The van der Waals surface area contributed by atoms with E-state index in [1.54, 1.807) is 4.68 Å². The van der Waals surface area contributed by atoms with Gasteiger partial charge >= 0.3 is 0 Å². The van der Waals surface area contributed by atoms with Crippen molar-refractivity contribution in [2.45, 2.75) is 32.5 Å². The van der Waals surface area contributed by atoms with E-state index in [4.69, 9.17) is 9.47 Å². The molecule has 0 aliphatic carbocycles. The van der Waals surface area contributed by atoms with Crippen LogP contribution in [0, 0.1) is 0 Å². The van der Waals surface area contributed by atoms with Crippen LogP contribution >= 0.6 is 0 Å². The van der Waals surface area contributed by atoms with Crippen LogP contribution in [0.4, 0.5) is 5.69 Å². The summed E-state index contributed by atoms with van der Waals surface area (Å²) in [5.41, 5.74) is 2.24. The van der Waals surface area contributed by atoms with Crippen molar-refractivity contribution in [3.05, 3.63) is 24.3 Å². The molecule has 2 saturated heterocycles. The van der Waals surface area contributed by atoms with Gasteiger partial charge in [-0.25, -0.2) is 4.68 Å². The molecular weight excluding hydrogens is 306 g/mol. The summed E-state index contributed by atoms with van der Waals surface area (Å²) in [7, 11) is 1.84. The minimum atomic E-state index is -0.319. The number of benzene rings is 1. The Kier molecular flexibility index (Phi) is 5.11. The summed E-state index contributed by atoms with van der Waals surface area (Å²) in [4.78, 5) is 2.37. The van der Waals surface area contributed by atoms with Gasteiger partial charge in [0.05, 0.1) is 13.2 Å². The third kappa shape index (κ3) is 3.27. The van der Waals surface area contributed by atoms with E-state index in [9.17, 15) is 0 Å². The SMILES string of the molecule is CC.Cn1nnnc1-c1ccc(N2CCC3(CC2)OCCO3)cc1. The first-order chi connectivity index (χ1) is 11.8. The van der Waals surface area contributed by atoms with Gasteiger partial charge in [0.2, 0.25) is 0 Å². The molecule has 2 aliphatic heterocycles. The predicted octanol–water partition coefficient (Wildman–Crippen LogP) is 2.25. The van der Waals surface area contributed by atoms with Crippen molar-refractivity contribution in [3.8, 4) is 11.4 Å². The van der Waals surface area contributed by atoms with Crippen LogP contribution in [-0.2, 0) is 16.5 Å². The maximum absolute atomic E-state index is 5.77. The smallest absolute Gasteiger partial charge is 0.181 e. The van der Waals surface area contributed by atoms with E-state index in [-0.39, 0.29) is 5.79 Å². The largest absolute Gasteiger partial charge is 0.371 e. The number of nitrogens with zero attached hydrogens (tertiary/aromatic N) is 5. The average Bonchev–Trinajstić information content (AvgIpc) is 3.27. The summed E-state index contributed by atoms with van der Waals surface area (Å²) in [6.07, 6.45) is 1.84. The summed E-state index contributed by atoms with van der Waals surface area (Å²) in [6.45, 7) is 7.34. The summed E-state index contributed by atoms with van der Waals surface area (Å²) in [5, 5.41) is 11.6. The first kappa shape index (κ1) is 16.9. The molecular formula is C17H25N5O2. The predicted molar refractivity (Wildman–Crippen MR) is 91.7 cm³/mol. The molecule has 1 spiro atoms. The van der Waals surface area contributed by atoms with Gasteiger partial charge in [0.1, 0.15) is 0 Å². The van der Waals surface area contributed by atoms with E-state index < -0.39 is 0 Å². The molecule has 0 N–H and O–H groups in total. The number of tetrazole rings is 1. The highest BCUT2D eigenvalue weighted by molar-refractivity contribution is 5.60. The molecule has 0 bridgehead atoms. The van der Waals surface area contributed by atoms with E-state index in [0.29, 0.717) is 0 Å². The average molecular weight is 331 g/mol. The van der Waals surface area contributed by atoms with E-state index in [2.05, 4.69) is 44.7 Å². The Morgan fingerprint density at radius 1 is 1.00 bits per heavy atom. The van der Waals surface area contributed by atoms with Crippen molar-refractivity contribution in [2.75, 3.05) is 31.2 Å². The molecule has 0 saturated carbocycles. The van der Waals surface area contributed by atoms with Crippen molar-refractivity contribution >= 4 is 5.69 Å². The van der Waals surface area contributed by atoms with E-state index >= 15 is 0 Å². The Labute approximate surface area is 142 Å². The zero-order valence-corrected chi connectivity index (χ0v) is 14.6. The topological polar surface area (TPSA) is 65.3 Å². The number of anilines is 1. The van der Waals surface area contributed by atoms with Gasteiger partial charge in [-0.05, 0) is 34.7 Å². The minimum Gasteiger partial charge on any atom is -0.371 e. The Hall–Kier alpha value is -1.99. The Bertz CT molecular complexity index is 639. The number of piperidine rings is 1. The zero-order valence-electron chi connectivity index (χ0n) is 14.6. The quantitative estimate of drug-likeness (QED) is 0.841. The maximum atomic E-state index is 5.77. The first-order valence-electron chi connectivity index (χ1n) is 8.61. The molecule has 130 valence electrons. The molecule has 2 aliphatic rings. The number of rotatable bonds is 2. The van der Waals surface area contributed by atoms with Crippen LogP contribution in [0.15, 0.2) is 24.3 Å². The molecule has 2 aromatic rings. The second-order valence-electron chi connectivity index (χ2n) is 5.77. The van der Waals surface area contributed by atoms with E-state index in [0.717, 1.165) is 50.5 Å². The molecule has 0 unspecified atom stereocenters. The summed E-state index contributed by atoms with van der Waals surface area (Å²) in [5.74, 6) is 0.456. The monoisotopic (exact) mass is 331 g/mol. The van der Waals surface area contributed by atoms with Crippen molar-refractivity contribution in [1.29, 1.82) is 0 Å². The van der Waals surface area contributed by atoms with Crippen LogP contribution in [-0.4, -0.2) is 52.3 Å². The van der Waals surface area contributed by atoms with Crippen molar-refractivity contribution < 1.29 is 9.47 Å². The lowest BCUT2D eigenvalue weighted by Gasteiger charge is -2.38. The van der Waals surface area contributed by atoms with Crippen molar-refractivity contribution in [3.63, 3.8) is 0 Å². The van der Waals surface area contributed by atoms with Gasteiger partial charge in [0.25, 0.3) is 0 Å². The zero-order chi connectivity index (χ0) is 17.0. The van der Waals surface area contributed by atoms with Crippen LogP contribution in [0.2, 0.25) is 0 Å². The standard InChI is InChI=1S/C15H19N5O2.C2H6/c1-19-14(16-17-18-19)12-2-4-13(5-3-12)20-8-6-15(7-9-20)21-10-11-22-15;1-2/h2-5H,6-11H2,1H3;1-2H3. The number of hydrogen-bond donors (Lipinski definition) is 0. The van der Waals surface area contributed by atoms with Gasteiger partial charge < -0.3 is 14.4 Å². The molecule has 7 heteroatoms. The molecule has 24 heavy (non-hydrogen) atoms. The molecule has 4 rings (SSSR count). The lowest BCUT2D eigenvalue weighted by Crippen LogP contribution is -2.45. The Morgan fingerprint density at radius 2 is 1.62 bits per heavy atom. The van der Waals surface area contributed by atoms with Crippen LogP contribution in [0.5, 0.6) is 0 Å². The number of aromatic nitrogens is 4. The van der Waals surface area contributed by atoms with Gasteiger partial charge in [-0.1, -0.05) is 13.8 Å². The Morgan fingerprint density at radius 3 is 2.17 bits per heavy atom. The van der Waals surface area contributed by atoms with Crippen LogP contribution < -0.4 is 4.90 Å². The second-order valence-corrected chi connectivity index (χ2v) is 5.77. The van der Waals surface area contributed by atoms with Crippen LogP contribution in [0.25, 0.3) is 11.4 Å². The summed E-state index contributed by atoms with van der Waals surface area (Å²) >= 11 is 0. The van der Waals surface area contributed by atoms with Crippen LogP contribution in [0.3, 0.4) is 0 Å². The molecule has 3 heterocycles. The fourth-order valence-corrected chi connectivity index (χ4v) is 3.19. The van der Waals surface area contributed by atoms with Crippen molar-refractivity contribution in [1.82, 2.24) is 20.2 Å². The second kappa shape index (κ2) is 7.27. The van der Waals surface area contributed by atoms with E-state index in [1.165, 1.54) is 5.69 Å². The minimum absolute atomic E-state index is 0.319. The van der Waals surface area contributed by atoms with Gasteiger partial charge in [-0.2, -0.15) is 0 Å². The lowest BCUT2D eigenvalue weighted by atomic mass is 10.0. The molecule has 0 amide bonds. The molecule has 1 aromatic carbocycles. The summed E-state index contributed by atoms with van der Waals surface area (Å²) < 4.78 is 13.2. The molecule has 2 fully saturated rings. The fraction of sp³-hybridized carbons (Fsp3) is 0.588. The van der Waals surface area contributed by atoms with Gasteiger partial charge in [0.15, 0.2) is 11.6 Å². The molecule has 0 atom stereocenters. The highest BCUT2D eigenvalue weighted by Gasteiger charge is 2.39. The molecule has 7 nitrogen and oxygen atoms in total. The van der Waals surface area contributed by atoms with E-state index in [1.807, 2.05) is 20.9 Å². The summed E-state index contributed by atoms with van der Waals surface area (Å²) in [6, 6.07) is 8.37. The van der Waals surface area contributed by atoms with Crippen LogP contribution in [0.1, 0.15) is 26.7 Å². The number of aryl methyl sites for hydroxylation is 1. The van der Waals surface area contributed by atoms with Gasteiger partial charge in [-0.15, -0.1) is 5.10 Å². The molecule has 0 radical (unpaired) electrons. The lowest BCUT2D eigenvalue weighted by molar-refractivity contribution is -0.169. The fourth-order valence-electron chi connectivity index (χ4n) is 3.19. The third-order valence-corrected chi connectivity index (χ3v) is 4.45. The highest BCUT2D eigenvalue weighted by atomic mass is 16.7. The normalized spacial score (nSPS) is 19.2. The number of ether oxygens (including phenoxy) is 2. The Balaban J connectivity index is 0.000000815. The first-order valence-corrected chi connectivity index (χ1v) is 8.61. The highest BCUT2D eigenvalue weighted by Crippen LogP contribution is 2.33. The maximum Gasteiger partial charge on any atom is 0.181 e. The van der Waals surface area contributed by atoms with Gasteiger partial charge in [0, 0.05) is 44.2 Å². The van der Waals surface area contributed by atoms with Gasteiger partial charge in [-0.3, -0.25) is 0 Å². The molecule has 1 aromatic heterocycles. The van der Waals surface area contributed by atoms with Crippen molar-refractivity contribution in [2.24, 2.45) is 7.05 Å². The number of hydrogen-bond acceptors (Lipinski definition) is 6.